The van der Waals surface area contributed by atoms with E-state index in [0.717, 1.165) is 48.3 Å². The molecular formula is C20H20N10O. The second kappa shape index (κ2) is 7.13. The Kier molecular flexibility index (Phi) is 4.13. The van der Waals surface area contributed by atoms with Crippen LogP contribution in [-0.2, 0) is 4.74 Å². The molecule has 31 heavy (non-hydrogen) atoms. The lowest BCUT2D eigenvalue weighted by atomic mass is 10.1. The normalized spacial score (nSPS) is 15.1. The average molecular weight is 416 g/mol. The summed E-state index contributed by atoms with van der Waals surface area (Å²) in [6.07, 6.45) is 9.29. The summed E-state index contributed by atoms with van der Waals surface area (Å²) in [6, 6.07) is 6.29. The van der Waals surface area contributed by atoms with Crippen molar-refractivity contribution in [2.75, 3.05) is 25.2 Å². The lowest BCUT2D eigenvalue weighted by Gasteiger charge is -2.22. The number of ether oxygens (including phenoxy) is 1. The number of aromatic nitrogens is 9. The minimum Gasteiger partial charge on any atom is -0.381 e. The molecule has 1 fully saturated rings. The van der Waals surface area contributed by atoms with Gasteiger partial charge in [0.05, 0.1) is 41.5 Å². The highest BCUT2D eigenvalue weighted by atomic mass is 16.5. The van der Waals surface area contributed by atoms with Crippen LogP contribution in [0, 0.1) is 0 Å². The summed E-state index contributed by atoms with van der Waals surface area (Å²) in [5.41, 5.74) is 3.95. The number of nitrogens with zero attached hydrogens (tertiary/aromatic N) is 9. The van der Waals surface area contributed by atoms with Gasteiger partial charge < -0.3 is 9.64 Å². The Morgan fingerprint density at radius 3 is 2.97 bits per heavy atom. The number of rotatable bonds is 4. The lowest BCUT2D eigenvalue weighted by Crippen LogP contribution is -2.20. The van der Waals surface area contributed by atoms with Gasteiger partial charge in [-0.05, 0) is 31.0 Å². The van der Waals surface area contributed by atoms with Crippen LogP contribution in [0.15, 0.2) is 43.0 Å². The third kappa shape index (κ3) is 3.10. The molecule has 0 bridgehead atoms. The van der Waals surface area contributed by atoms with Gasteiger partial charge in [0.2, 0.25) is 5.95 Å². The first-order chi connectivity index (χ1) is 15.3. The van der Waals surface area contributed by atoms with Gasteiger partial charge in [0.1, 0.15) is 0 Å². The van der Waals surface area contributed by atoms with Crippen LogP contribution in [0.1, 0.15) is 18.9 Å². The fraction of sp³-hybridized carbons (Fsp3) is 0.300. The Morgan fingerprint density at radius 2 is 2.06 bits per heavy atom. The third-order valence-electron chi connectivity index (χ3n) is 5.69. The van der Waals surface area contributed by atoms with Gasteiger partial charge in [-0.15, -0.1) is 5.10 Å². The lowest BCUT2D eigenvalue weighted by molar-refractivity contribution is 0.0662. The number of anilines is 2. The van der Waals surface area contributed by atoms with E-state index in [1.807, 2.05) is 47.2 Å². The van der Waals surface area contributed by atoms with Gasteiger partial charge in [0, 0.05) is 31.8 Å². The number of benzene rings is 1. The van der Waals surface area contributed by atoms with E-state index in [4.69, 9.17) is 9.72 Å². The van der Waals surface area contributed by atoms with Gasteiger partial charge in [0.15, 0.2) is 11.2 Å². The molecule has 11 nitrogen and oxygen atoms in total. The van der Waals surface area contributed by atoms with E-state index in [0.29, 0.717) is 23.2 Å². The van der Waals surface area contributed by atoms with Gasteiger partial charge >= 0.3 is 0 Å². The first-order valence-corrected chi connectivity index (χ1v) is 10.1. The molecule has 1 aliphatic heterocycles. The number of hydrogen-bond donors (Lipinski definition) is 1. The first kappa shape index (κ1) is 18.0. The van der Waals surface area contributed by atoms with Crippen molar-refractivity contribution in [1.29, 1.82) is 0 Å². The van der Waals surface area contributed by atoms with Crippen molar-refractivity contribution in [3.05, 3.63) is 43.0 Å². The minimum atomic E-state index is 0.363. The van der Waals surface area contributed by atoms with Gasteiger partial charge in [0.25, 0.3) is 0 Å². The van der Waals surface area contributed by atoms with Crippen molar-refractivity contribution in [1.82, 2.24) is 44.9 Å². The average Bonchev–Trinajstić information content (AvgIpc) is 3.57. The number of hydrogen-bond acceptors (Lipinski definition) is 8. The molecule has 0 spiro atoms. The standard InChI is InChI=1S/C20H20N10O/c1-28(16-10-23-29(12-16)14-4-6-31-7-5-14)20-21-11-18-19(24-20)30(27-26-18)15-3-2-13-9-22-25-17(13)8-15/h2-3,8-12,14H,4-7H2,1H3,(H,22,25). The van der Waals surface area contributed by atoms with Crippen LogP contribution in [-0.4, -0.2) is 65.2 Å². The monoisotopic (exact) mass is 416 g/mol. The summed E-state index contributed by atoms with van der Waals surface area (Å²) in [6.45, 7) is 1.55. The molecule has 5 heterocycles. The van der Waals surface area contributed by atoms with Crippen LogP contribution >= 0.6 is 0 Å². The molecule has 0 radical (unpaired) electrons. The van der Waals surface area contributed by atoms with Gasteiger partial charge in [-0.3, -0.25) is 9.78 Å². The number of aromatic amines is 1. The third-order valence-corrected chi connectivity index (χ3v) is 5.69. The van der Waals surface area contributed by atoms with Crippen molar-refractivity contribution in [2.45, 2.75) is 18.9 Å². The SMILES string of the molecule is CN(c1cnn(C2CCOCC2)c1)c1ncc2nnn(-c3ccc4cn[nH]c4c3)c2n1. The zero-order valence-corrected chi connectivity index (χ0v) is 16.9. The Balaban J connectivity index is 1.34. The van der Waals surface area contributed by atoms with E-state index in [1.165, 1.54) is 0 Å². The maximum atomic E-state index is 5.45. The second-order valence-electron chi connectivity index (χ2n) is 7.60. The summed E-state index contributed by atoms with van der Waals surface area (Å²) in [5.74, 6) is 0.546. The van der Waals surface area contributed by atoms with E-state index in [1.54, 1.807) is 17.1 Å². The number of fused-ring (bicyclic) bond motifs is 2. The van der Waals surface area contributed by atoms with Crippen molar-refractivity contribution in [3.63, 3.8) is 0 Å². The van der Waals surface area contributed by atoms with Gasteiger partial charge in [-0.1, -0.05) is 5.21 Å². The van der Waals surface area contributed by atoms with E-state index < -0.39 is 0 Å². The first-order valence-electron chi connectivity index (χ1n) is 10.1. The summed E-state index contributed by atoms with van der Waals surface area (Å²) < 4.78 is 9.17. The molecule has 0 aliphatic carbocycles. The van der Waals surface area contributed by atoms with Crippen LogP contribution in [0.3, 0.4) is 0 Å². The Hall–Kier alpha value is -3.86. The predicted molar refractivity (Wildman–Crippen MR) is 113 cm³/mol. The molecule has 1 aromatic carbocycles. The van der Waals surface area contributed by atoms with E-state index in [9.17, 15) is 0 Å². The molecule has 0 amide bonds. The fourth-order valence-corrected chi connectivity index (χ4v) is 3.88. The predicted octanol–water partition coefficient (Wildman–Crippen LogP) is 2.40. The molecule has 1 aliphatic rings. The molecule has 0 unspecified atom stereocenters. The molecule has 0 saturated carbocycles. The molecule has 156 valence electrons. The maximum absolute atomic E-state index is 5.45. The van der Waals surface area contributed by atoms with E-state index in [2.05, 4.69) is 30.6 Å². The van der Waals surface area contributed by atoms with Gasteiger partial charge in [-0.2, -0.15) is 19.9 Å². The van der Waals surface area contributed by atoms with Crippen molar-refractivity contribution >= 4 is 33.7 Å². The largest absolute Gasteiger partial charge is 0.381 e. The summed E-state index contributed by atoms with van der Waals surface area (Å²) >= 11 is 0. The summed E-state index contributed by atoms with van der Waals surface area (Å²) in [4.78, 5) is 11.1. The quantitative estimate of drug-likeness (QED) is 0.475. The molecule has 5 aromatic rings. The van der Waals surface area contributed by atoms with Crippen LogP contribution in [0.25, 0.3) is 27.8 Å². The summed E-state index contributed by atoms with van der Waals surface area (Å²) in [5, 5.41) is 21.1. The number of nitrogens with one attached hydrogen (secondary N) is 1. The van der Waals surface area contributed by atoms with E-state index in [-0.39, 0.29) is 0 Å². The Labute approximate surface area is 176 Å². The molecule has 11 heteroatoms. The molecule has 4 aromatic heterocycles. The topological polar surface area (TPSA) is 115 Å². The summed E-state index contributed by atoms with van der Waals surface area (Å²) in [7, 11) is 1.93. The van der Waals surface area contributed by atoms with Crippen LogP contribution in [0.5, 0.6) is 0 Å². The second-order valence-corrected chi connectivity index (χ2v) is 7.60. The van der Waals surface area contributed by atoms with Crippen LogP contribution in [0.4, 0.5) is 11.6 Å². The highest BCUT2D eigenvalue weighted by molar-refractivity contribution is 5.81. The van der Waals surface area contributed by atoms with Crippen molar-refractivity contribution in [2.24, 2.45) is 0 Å². The molecular weight excluding hydrogens is 396 g/mol. The zero-order valence-electron chi connectivity index (χ0n) is 16.9. The Bertz CT molecular complexity index is 1360. The van der Waals surface area contributed by atoms with E-state index >= 15 is 0 Å². The molecule has 6 rings (SSSR count). The highest BCUT2D eigenvalue weighted by Gasteiger charge is 2.19. The molecule has 1 N–H and O–H groups in total. The maximum Gasteiger partial charge on any atom is 0.231 e. The fourth-order valence-electron chi connectivity index (χ4n) is 3.88. The van der Waals surface area contributed by atoms with Crippen molar-refractivity contribution < 1.29 is 4.74 Å². The molecule has 0 atom stereocenters. The zero-order chi connectivity index (χ0) is 20.8. The highest BCUT2D eigenvalue weighted by Crippen LogP contribution is 2.26. The smallest absolute Gasteiger partial charge is 0.231 e. The Morgan fingerprint density at radius 1 is 1.16 bits per heavy atom. The van der Waals surface area contributed by atoms with Gasteiger partial charge in [-0.25, -0.2) is 4.98 Å². The van der Waals surface area contributed by atoms with Crippen molar-refractivity contribution in [3.8, 4) is 5.69 Å². The van der Waals surface area contributed by atoms with Crippen LogP contribution in [0.2, 0.25) is 0 Å². The van der Waals surface area contributed by atoms with Crippen LogP contribution < -0.4 is 4.90 Å². The molecule has 1 saturated heterocycles. The number of H-pyrrole nitrogens is 1. The minimum absolute atomic E-state index is 0.363.